The smallest absolute Gasteiger partial charge is 0.226 e. The van der Waals surface area contributed by atoms with Crippen LogP contribution < -0.4 is 9.64 Å². The molecule has 1 unspecified atom stereocenters. The number of piperidine rings is 1. The maximum absolute atomic E-state index is 13.5. The van der Waals surface area contributed by atoms with E-state index in [-0.39, 0.29) is 17.9 Å². The lowest BCUT2D eigenvalue weighted by Crippen LogP contribution is -2.43. The lowest BCUT2D eigenvalue weighted by Gasteiger charge is -2.37. The third-order valence-corrected chi connectivity index (χ3v) is 7.87. The van der Waals surface area contributed by atoms with Gasteiger partial charge in [-0.25, -0.2) is 9.97 Å². The van der Waals surface area contributed by atoms with Gasteiger partial charge in [0.2, 0.25) is 5.91 Å². The van der Waals surface area contributed by atoms with Crippen molar-refractivity contribution in [2.75, 3.05) is 31.6 Å². The van der Waals surface area contributed by atoms with Gasteiger partial charge in [-0.1, -0.05) is 12.1 Å². The molecule has 1 amide bonds. The van der Waals surface area contributed by atoms with Crippen LogP contribution >= 0.6 is 11.3 Å². The number of benzene rings is 1. The molecule has 32 heavy (non-hydrogen) atoms. The molecule has 4 rings (SSSR count). The van der Waals surface area contributed by atoms with E-state index < -0.39 is 0 Å². The van der Waals surface area contributed by atoms with Gasteiger partial charge in [-0.15, -0.1) is 11.3 Å². The number of carbonyl (C=O) groups excluding carboxylic acids is 1. The minimum Gasteiger partial charge on any atom is -0.497 e. The van der Waals surface area contributed by atoms with Gasteiger partial charge in [-0.05, 0) is 63.8 Å². The van der Waals surface area contributed by atoms with Crippen molar-refractivity contribution in [1.29, 1.82) is 0 Å². The summed E-state index contributed by atoms with van der Waals surface area (Å²) in [5.74, 6) is 2.13. The van der Waals surface area contributed by atoms with E-state index in [4.69, 9.17) is 4.74 Å². The molecule has 0 N–H and O–H groups in total. The number of fused-ring (bicyclic) bond motifs is 1. The van der Waals surface area contributed by atoms with Crippen molar-refractivity contribution in [3.63, 3.8) is 0 Å². The molecule has 6 nitrogen and oxygen atoms in total. The molecular weight excluding hydrogens is 420 g/mol. The Bertz CT molecular complexity index is 1100. The molecule has 1 aliphatic rings. The zero-order chi connectivity index (χ0) is 22.8. The molecule has 3 heterocycles. The van der Waals surface area contributed by atoms with Crippen LogP contribution in [0.5, 0.6) is 5.75 Å². The molecule has 0 spiro atoms. The highest BCUT2D eigenvalue weighted by atomic mass is 32.1. The fourth-order valence-electron chi connectivity index (χ4n) is 4.68. The minimum absolute atomic E-state index is 0.0125. The Morgan fingerprint density at radius 3 is 2.72 bits per heavy atom. The Morgan fingerprint density at radius 1 is 1.28 bits per heavy atom. The summed E-state index contributed by atoms with van der Waals surface area (Å²) in [6.45, 7) is 10.8. The second-order valence-electron chi connectivity index (χ2n) is 8.50. The maximum atomic E-state index is 13.5. The lowest BCUT2D eigenvalue weighted by atomic mass is 9.93. The Hall–Kier alpha value is -2.67. The Balaban J connectivity index is 1.47. The first-order chi connectivity index (χ1) is 15.4. The summed E-state index contributed by atoms with van der Waals surface area (Å²) < 4.78 is 5.37. The fraction of sp³-hybridized carbons (Fsp3) is 0.480. The zero-order valence-corrected chi connectivity index (χ0v) is 20.4. The Kier molecular flexibility index (Phi) is 6.65. The van der Waals surface area contributed by atoms with E-state index in [1.54, 1.807) is 24.8 Å². The van der Waals surface area contributed by atoms with E-state index in [0.29, 0.717) is 6.54 Å². The van der Waals surface area contributed by atoms with Crippen LogP contribution in [0.25, 0.3) is 10.2 Å². The van der Waals surface area contributed by atoms with E-state index >= 15 is 0 Å². The number of rotatable bonds is 6. The predicted octanol–water partition coefficient (Wildman–Crippen LogP) is 5.14. The molecule has 0 aliphatic carbocycles. The van der Waals surface area contributed by atoms with Crippen molar-refractivity contribution in [3.8, 4) is 5.75 Å². The van der Waals surface area contributed by atoms with Gasteiger partial charge >= 0.3 is 0 Å². The van der Waals surface area contributed by atoms with Gasteiger partial charge < -0.3 is 14.5 Å². The van der Waals surface area contributed by atoms with Crippen molar-refractivity contribution in [3.05, 3.63) is 46.6 Å². The van der Waals surface area contributed by atoms with Crippen LogP contribution in [-0.4, -0.2) is 47.5 Å². The van der Waals surface area contributed by atoms with Crippen molar-refractivity contribution in [1.82, 2.24) is 14.9 Å². The number of amides is 1. The van der Waals surface area contributed by atoms with Crippen molar-refractivity contribution in [2.45, 2.75) is 46.6 Å². The topological polar surface area (TPSA) is 58.6 Å². The van der Waals surface area contributed by atoms with Gasteiger partial charge in [0.1, 0.15) is 22.7 Å². The molecule has 1 fully saturated rings. The van der Waals surface area contributed by atoms with Crippen LogP contribution in [0.15, 0.2) is 30.6 Å². The van der Waals surface area contributed by atoms with Crippen LogP contribution in [0.2, 0.25) is 0 Å². The van der Waals surface area contributed by atoms with Crippen molar-refractivity contribution in [2.24, 2.45) is 5.92 Å². The second-order valence-corrected chi connectivity index (χ2v) is 9.70. The lowest BCUT2D eigenvalue weighted by molar-refractivity contribution is -0.138. The first-order valence-electron chi connectivity index (χ1n) is 11.3. The average Bonchev–Trinajstić information content (AvgIpc) is 3.13. The monoisotopic (exact) mass is 452 g/mol. The van der Waals surface area contributed by atoms with Crippen LogP contribution in [0.4, 0.5) is 5.82 Å². The van der Waals surface area contributed by atoms with Crippen molar-refractivity contribution < 1.29 is 9.53 Å². The number of hydrogen-bond donors (Lipinski definition) is 0. The SMILES string of the molecule is CCN(C(=O)C1CCN(c2ncnc3sc(C)c(C)c23)CC1)C(C)c1cccc(OC)c1. The van der Waals surface area contributed by atoms with Crippen molar-refractivity contribution >= 4 is 33.3 Å². The number of hydrogen-bond acceptors (Lipinski definition) is 6. The number of aryl methyl sites for hydroxylation is 2. The van der Waals surface area contributed by atoms with Gasteiger partial charge in [-0.2, -0.15) is 0 Å². The number of anilines is 1. The number of nitrogens with zero attached hydrogens (tertiary/aromatic N) is 4. The standard InChI is InChI=1S/C25H32N4O2S/c1-6-29(17(3)20-8-7-9-21(14-20)31-5)25(30)19-10-12-28(13-11-19)23-22-16(2)18(4)32-24(22)27-15-26-23/h7-9,14-15,17,19H,6,10-13H2,1-5H3. The largest absolute Gasteiger partial charge is 0.497 e. The number of methoxy groups -OCH3 is 1. The Morgan fingerprint density at radius 2 is 2.03 bits per heavy atom. The molecule has 170 valence electrons. The maximum Gasteiger partial charge on any atom is 0.226 e. The highest BCUT2D eigenvalue weighted by molar-refractivity contribution is 7.18. The molecule has 2 aromatic heterocycles. The summed E-state index contributed by atoms with van der Waals surface area (Å²) in [5.41, 5.74) is 2.37. The van der Waals surface area contributed by atoms with E-state index in [1.165, 1.54) is 15.8 Å². The average molecular weight is 453 g/mol. The third-order valence-electron chi connectivity index (χ3n) is 6.76. The number of carbonyl (C=O) groups is 1. The van der Waals surface area contributed by atoms with Crippen LogP contribution in [0.1, 0.15) is 48.7 Å². The highest BCUT2D eigenvalue weighted by Gasteiger charge is 2.31. The molecule has 1 saturated heterocycles. The fourth-order valence-corrected chi connectivity index (χ4v) is 5.67. The summed E-state index contributed by atoms with van der Waals surface area (Å²) in [4.78, 5) is 29.2. The van der Waals surface area contributed by atoms with Crippen LogP contribution in [0.3, 0.4) is 0 Å². The number of aromatic nitrogens is 2. The predicted molar refractivity (Wildman–Crippen MR) is 131 cm³/mol. The zero-order valence-electron chi connectivity index (χ0n) is 19.6. The molecular formula is C25H32N4O2S. The molecule has 0 radical (unpaired) electrons. The molecule has 0 bridgehead atoms. The first-order valence-corrected chi connectivity index (χ1v) is 12.2. The molecule has 0 saturated carbocycles. The summed E-state index contributed by atoms with van der Waals surface area (Å²) in [7, 11) is 1.67. The summed E-state index contributed by atoms with van der Waals surface area (Å²) in [6, 6.07) is 8.02. The summed E-state index contributed by atoms with van der Waals surface area (Å²) in [6.07, 6.45) is 3.35. The number of ether oxygens (including phenoxy) is 1. The normalized spacial score (nSPS) is 15.7. The quantitative estimate of drug-likeness (QED) is 0.518. The summed E-state index contributed by atoms with van der Waals surface area (Å²) >= 11 is 1.73. The van der Waals surface area contributed by atoms with Gasteiger partial charge in [0.05, 0.1) is 18.5 Å². The molecule has 7 heteroatoms. The van der Waals surface area contributed by atoms with Gasteiger partial charge in [-0.3, -0.25) is 4.79 Å². The summed E-state index contributed by atoms with van der Waals surface area (Å²) in [5, 5.41) is 1.17. The Labute approximate surface area is 194 Å². The van der Waals surface area contributed by atoms with Gasteiger partial charge in [0, 0.05) is 30.4 Å². The molecule has 1 atom stereocenters. The number of thiophene rings is 1. The molecule has 3 aromatic rings. The minimum atomic E-state index is 0.0125. The molecule has 1 aromatic carbocycles. The van der Waals surface area contributed by atoms with E-state index in [9.17, 15) is 4.79 Å². The van der Waals surface area contributed by atoms with E-state index in [0.717, 1.165) is 47.9 Å². The highest BCUT2D eigenvalue weighted by Crippen LogP contribution is 2.36. The molecule has 1 aliphatic heterocycles. The van der Waals surface area contributed by atoms with Crippen LogP contribution in [0, 0.1) is 19.8 Å². The van der Waals surface area contributed by atoms with E-state index in [2.05, 4.69) is 48.6 Å². The van der Waals surface area contributed by atoms with Gasteiger partial charge in [0.15, 0.2) is 0 Å². The van der Waals surface area contributed by atoms with Gasteiger partial charge in [0.25, 0.3) is 0 Å². The first kappa shape index (κ1) is 22.5. The van der Waals surface area contributed by atoms with E-state index in [1.807, 2.05) is 23.1 Å². The third kappa shape index (κ3) is 4.18. The second kappa shape index (κ2) is 9.45. The van der Waals surface area contributed by atoms with Crippen LogP contribution in [-0.2, 0) is 4.79 Å².